The van der Waals surface area contributed by atoms with Crippen LogP contribution in [0.4, 0.5) is 0 Å². The quantitative estimate of drug-likeness (QED) is 0.766. The standard InChI is InChI=1S/C10H14ClN/c1-2-10(12)7-8-4-3-5-9(11)6-8/h3-6,10H,2,7,12H2,1H3/t10-/m1/s1. The molecule has 0 saturated heterocycles. The zero-order valence-corrected chi connectivity index (χ0v) is 8.01. The Bertz CT molecular complexity index is 247. The summed E-state index contributed by atoms with van der Waals surface area (Å²) < 4.78 is 0. The number of halogens is 1. The summed E-state index contributed by atoms with van der Waals surface area (Å²) in [6.07, 6.45) is 1.92. The smallest absolute Gasteiger partial charge is 0.0408 e. The Morgan fingerprint density at radius 1 is 1.50 bits per heavy atom. The van der Waals surface area contributed by atoms with E-state index in [-0.39, 0.29) is 6.04 Å². The first kappa shape index (κ1) is 9.56. The average Bonchev–Trinajstić information content (AvgIpc) is 2.04. The zero-order chi connectivity index (χ0) is 8.97. The van der Waals surface area contributed by atoms with Crippen LogP contribution in [0.25, 0.3) is 0 Å². The Labute approximate surface area is 78.5 Å². The van der Waals surface area contributed by atoms with E-state index < -0.39 is 0 Å². The van der Waals surface area contributed by atoms with E-state index >= 15 is 0 Å². The molecule has 2 heteroatoms. The average molecular weight is 184 g/mol. The highest BCUT2D eigenvalue weighted by Gasteiger charge is 2.00. The van der Waals surface area contributed by atoms with E-state index in [1.54, 1.807) is 0 Å². The van der Waals surface area contributed by atoms with Gasteiger partial charge in [-0.3, -0.25) is 0 Å². The molecule has 0 unspecified atom stereocenters. The van der Waals surface area contributed by atoms with Gasteiger partial charge in [0.15, 0.2) is 0 Å². The Kier molecular flexibility index (Phi) is 3.57. The number of nitrogens with two attached hydrogens (primary N) is 1. The minimum Gasteiger partial charge on any atom is -0.327 e. The molecule has 0 bridgehead atoms. The summed E-state index contributed by atoms with van der Waals surface area (Å²) in [5, 5.41) is 0.788. The molecule has 12 heavy (non-hydrogen) atoms. The van der Waals surface area contributed by atoms with Gasteiger partial charge in [-0.25, -0.2) is 0 Å². The summed E-state index contributed by atoms with van der Waals surface area (Å²) in [5.74, 6) is 0. The van der Waals surface area contributed by atoms with Crippen LogP contribution >= 0.6 is 11.6 Å². The highest BCUT2D eigenvalue weighted by Crippen LogP contribution is 2.12. The second kappa shape index (κ2) is 4.48. The topological polar surface area (TPSA) is 26.0 Å². The minimum absolute atomic E-state index is 0.253. The first-order valence-electron chi connectivity index (χ1n) is 4.22. The van der Waals surface area contributed by atoms with Crippen molar-refractivity contribution in [2.24, 2.45) is 5.73 Å². The van der Waals surface area contributed by atoms with Crippen LogP contribution in [0.1, 0.15) is 18.9 Å². The van der Waals surface area contributed by atoms with Crippen molar-refractivity contribution in [3.8, 4) is 0 Å². The van der Waals surface area contributed by atoms with Crippen molar-refractivity contribution in [1.29, 1.82) is 0 Å². The highest BCUT2D eigenvalue weighted by molar-refractivity contribution is 6.30. The first-order valence-corrected chi connectivity index (χ1v) is 4.60. The molecule has 1 rings (SSSR count). The molecule has 0 aliphatic rings. The normalized spacial score (nSPS) is 12.9. The van der Waals surface area contributed by atoms with Crippen LogP contribution < -0.4 is 5.73 Å². The predicted molar refractivity (Wildman–Crippen MR) is 53.4 cm³/mol. The molecule has 1 aromatic rings. The lowest BCUT2D eigenvalue weighted by Gasteiger charge is -2.08. The lowest BCUT2D eigenvalue weighted by atomic mass is 10.1. The summed E-state index contributed by atoms with van der Waals surface area (Å²) in [6, 6.07) is 8.12. The molecule has 0 spiro atoms. The lowest BCUT2D eigenvalue weighted by Crippen LogP contribution is -2.21. The van der Waals surface area contributed by atoms with Crippen molar-refractivity contribution in [2.75, 3.05) is 0 Å². The molecule has 1 nitrogen and oxygen atoms in total. The van der Waals surface area contributed by atoms with Gasteiger partial charge in [-0.15, -0.1) is 0 Å². The minimum atomic E-state index is 0.253. The van der Waals surface area contributed by atoms with E-state index in [2.05, 4.69) is 13.0 Å². The van der Waals surface area contributed by atoms with Gasteiger partial charge < -0.3 is 5.73 Å². The second-order valence-electron chi connectivity index (χ2n) is 3.00. The summed E-state index contributed by atoms with van der Waals surface area (Å²) >= 11 is 5.83. The fourth-order valence-electron chi connectivity index (χ4n) is 1.11. The first-order chi connectivity index (χ1) is 5.72. The molecule has 0 aromatic heterocycles. The van der Waals surface area contributed by atoms with Crippen LogP contribution in [0.15, 0.2) is 24.3 Å². The van der Waals surface area contributed by atoms with Gasteiger partial charge in [-0.2, -0.15) is 0 Å². The van der Waals surface area contributed by atoms with Crippen LogP contribution in [0.2, 0.25) is 5.02 Å². The fraction of sp³-hybridized carbons (Fsp3) is 0.400. The van der Waals surface area contributed by atoms with Crippen LogP contribution in [-0.2, 0) is 6.42 Å². The van der Waals surface area contributed by atoms with Gasteiger partial charge in [0.05, 0.1) is 0 Å². The summed E-state index contributed by atoms with van der Waals surface area (Å²) in [5.41, 5.74) is 7.03. The number of hydrogen-bond donors (Lipinski definition) is 1. The Morgan fingerprint density at radius 3 is 2.83 bits per heavy atom. The third-order valence-corrected chi connectivity index (χ3v) is 2.15. The highest BCUT2D eigenvalue weighted by atomic mass is 35.5. The molecule has 2 N–H and O–H groups in total. The Balaban J connectivity index is 2.63. The second-order valence-corrected chi connectivity index (χ2v) is 3.44. The molecular weight excluding hydrogens is 170 g/mol. The molecule has 1 atom stereocenters. The van der Waals surface area contributed by atoms with Crippen molar-refractivity contribution in [2.45, 2.75) is 25.8 Å². The van der Waals surface area contributed by atoms with Crippen molar-refractivity contribution < 1.29 is 0 Å². The maximum atomic E-state index is 5.83. The predicted octanol–water partition coefficient (Wildman–Crippen LogP) is 2.62. The van der Waals surface area contributed by atoms with E-state index in [1.165, 1.54) is 5.56 Å². The van der Waals surface area contributed by atoms with Crippen LogP contribution in [0.5, 0.6) is 0 Å². The molecule has 66 valence electrons. The van der Waals surface area contributed by atoms with Gasteiger partial charge in [0.2, 0.25) is 0 Å². The molecule has 0 heterocycles. The molecule has 0 saturated carbocycles. The van der Waals surface area contributed by atoms with Gasteiger partial charge >= 0.3 is 0 Å². The van der Waals surface area contributed by atoms with Gasteiger partial charge in [0, 0.05) is 11.1 Å². The number of rotatable bonds is 3. The summed E-state index contributed by atoms with van der Waals surface area (Å²) in [7, 11) is 0. The Morgan fingerprint density at radius 2 is 2.25 bits per heavy atom. The SMILES string of the molecule is CC[C@@H](N)Cc1cccc(Cl)c1. The van der Waals surface area contributed by atoms with Crippen molar-refractivity contribution in [3.63, 3.8) is 0 Å². The summed E-state index contributed by atoms with van der Waals surface area (Å²) in [4.78, 5) is 0. The third-order valence-electron chi connectivity index (χ3n) is 1.91. The van der Waals surface area contributed by atoms with Gasteiger partial charge in [-0.1, -0.05) is 30.7 Å². The van der Waals surface area contributed by atoms with E-state index in [1.807, 2.05) is 18.2 Å². The van der Waals surface area contributed by atoms with E-state index in [9.17, 15) is 0 Å². The monoisotopic (exact) mass is 183 g/mol. The third kappa shape index (κ3) is 2.84. The lowest BCUT2D eigenvalue weighted by molar-refractivity contribution is 0.646. The molecular formula is C10H14ClN. The number of hydrogen-bond acceptors (Lipinski definition) is 1. The van der Waals surface area contributed by atoms with E-state index in [4.69, 9.17) is 17.3 Å². The molecule has 0 amide bonds. The maximum Gasteiger partial charge on any atom is 0.0408 e. The van der Waals surface area contributed by atoms with Gasteiger partial charge in [0.1, 0.15) is 0 Å². The molecule has 0 aliphatic heterocycles. The molecule has 0 radical (unpaired) electrons. The van der Waals surface area contributed by atoms with Crippen molar-refractivity contribution in [1.82, 2.24) is 0 Å². The molecule has 0 aliphatic carbocycles. The summed E-state index contributed by atoms with van der Waals surface area (Å²) in [6.45, 7) is 2.09. The van der Waals surface area contributed by atoms with Gasteiger partial charge in [0.25, 0.3) is 0 Å². The van der Waals surface area contributed by atoms with Crippen molar-refractivity contribution >= 4 is 11.6 Å². The van der Waals surface area contributed by atoms with Crippen molar-refractivity contribution in [3.05, 3.63) is 34.9 Å². The maximum absolute atomic E-state index is 5.83. The molecule has 0 fully saturated rings. The largest absolute Gasteiger partial charge is 0.327 e. The Hall–Kier alpha value is -0.530. The fourth-order valence-corrected chi connectivity index (χ4v) is 1.32. The van der Waals surface area contributed by atoms with Gasteiger partial charge in [-0.05, 0) is 30.5 Å². The zero-order valence-electron chi connectivity index (χ0n) is 7.26. The van der Waals surface area contributed by atoms with E-state index in [0.717, 1.165) is 17.9 Å². The number of benzene rings is 1. The van der Waals surface area contributed by atoms with Crippen LogP contribution in [0.3, 0.4) is 0 Å². The van der Waals surface area contributed by atoms with Crippen LogP contribution in [-0.4, -0.2) is 6.04 Å². The van der Waals surface area contributed by atoms with Crippen LogP contribution in [0, 0.1) is 0 Å². The van der Waals surface area contributed by atoms with E-state index in [0.29, 0.717) is 0 Å². The molecule has 1 aromatic carbocycles.